The van der Waals surface area contributed by atoms with Gasteiger partial charge >= 0.3 is 5.97 Å². The molecule has 0 aromatic heterocycles. The number of aliphatic carboxylic acids is 1. The number of hydrogen-bond donors (Lipinski definition) is 2. The first kappa shape index (κ1) is 19.1. The summed E-state index contributed by atoms with van der Waals surface area (Å²) < 4.78 is 24.2. The molecule has 0 saturated carbocycles. The molecule has 6 nitrogen and oxygen atoms in total. The maximum atomic E-state index is 12.3. The minimum absolute atomic E-state index is 0.140. The summed E-state index contributed by atoms with van der Waals surface area (Å²) in [7, 11) is -4.24. The largest absolute Gasteiger partial charge is 0.481 e. The molecule has 0 aliphatic carbocycles. The molecular weight excluding hydrogens is 366 g/mol. The summed E-state index contributed by atoms with van der Waals surface area (Å²) >= 11 is 6.16. The van der Waals surface area contributed by atoms with Crippen LogP contribution >= 0.6 is 11.6 Å². The van der Waals surface area contributed by atoms with E-state index in [1.165, 1.54) is 12.1 Å². The SMILES string of the molecule is NS(=O)(=O)c1c(C(=O)CCC(=O)O)ccc(Cl)c1Cc1ccccc1. The minimum Gasteiger partial charge on any atom is -0.481 e. The lowest BCUT2D eigenvalue weighted by Gasteiger charge is -2.14. The Balaban J connectivity index is 2.56. The van der Waals surface area contributed by atoms with E-state index in [0.717, 1.165) is 5.56 Å². The molecule has 0 radical (unpaired) electrons. The standard InChI is InChI=1S/C17H16ClNO5S/c18-14-7-6-12(15(20)8-9-16(21)22)17(25(19,23)24)13(14)10-11-4-2-1-3-5-11/h1-7H,8-10H2,(H,21,22)(H2,19,23,24). The molecule has 0 bridgehead atoms. The monoisotopic (exact) mass is 381 g/mol. The van der Waals surface area contributed by atoms with Crippen molar-refractivity contribution in [1.82, 2.24) is 0 Å². The van der Waals surface area contributed by atoms with Crippen LogP contribution in [0.4, 0.5) is 0 Å². The molecule has 2 aromatic carbocycles. The first-order valence-electron chi connectivity index (χ1n) is 7.33. The Morgan fingerprint density at radius 1 is 1.04 bits per heavy atom. The molecular formula is C17H16ClNO5S. The fraction of sp³-hybridized carbons (Fsp3) is 0.176. The fourth-order valence-corrected chi connectivity index (χ4v) is 3.76. The maximum absolute atomic E-state index is 12.3. The zero-order chi connectivity index (χ0) is 18.6. The Morgan fingerprint density at radius 2 is 1.68 bits per heavy atom. The molecule has 0 fully saturated rings. The summed E-state index contributed by atoms with van der Waals surface area (Å²) in [6, 6.07) is 11.7. The highest BCUT2D eigenvalue weighted by atomic mass is 35.5. The van der Waals surface area contributed by atoms with Crippen molar-refractivity contribution in [1.29, 1.82) is 0 Å². The van der Waals surface area contributed by atoms with Crippen LogP contribution in [0.25, 0.3) is 0 Å². The number of carboxylic acid groups (broad SMARTS) is 1. The number of sulfonamides is 1. The predicted octanol–water partition coefficient (Wildman–Crippen LogP) is 2.63. The van der Waals surface area contributed by atoms with Gasteiger partial charge in [0.25, 0.3) is 0 Å². The Bertz CT molecular complexity index is 910. The normalized spacial score (nSPS) is 11.3. The van der Waals surface area contributed by atoms with Crippen molar-refractivity contribution in [3.8, 4) is 0 Å². The first-order chi connectivity index (χ1) is 11.7. The van der Waals surface area contributed by atoms with Crippen LogP contribution in [-0.2, 0) is 21.2 Å². The fourth-order valence-electron chi connectivity index (χ4n) is 2.47. The number of nitrogens with two attached hydrogens (primary N) is 1. The number of primary sulfonamides is 1. The topological polar surface area (TPSA) is 115 Å². The molecule has 0 spiro atoms. The molecule has 132 valence electrons. The summed E-state index contributed by atoms with van der Waals surface area (Å²) in [4.78, 5) is 22.6. The van der Waals surface area contributed by atoms with Crippen LogP contribution < -0.4 is 5.14 Å². The molecule has 0 heterocycles. The third kappa shape index (κ3) is 4.88. The summed E-state index contributed by atoms with van der Waals surface area (Å²) in [6.45, 7) is 0. The van der Waals surface area contributed by atoms with E-state index in [2.05, 4.69) is 0 Å². The van der Waals surface area contributed by atoms with E-state index in [1.54, 1.807) is 24.3 Å². The van der Waals surface area contributed by atoms with Crippen LogP contribution in [0.1, 0.15) is 34.3 Å². The predicted molar refractivity (Wildman–Crippen MR) is 93.3 cm³/mol. The van der Waals surface area contributed by atoms with Gasteiger partial charge < -0.3 is 5.11 Å². The number of halogens is 1. The van der Waals surface area contributed by atoms with Gasteiger partial charge in [-0.05, 0) is 23.3 Å². The molecule has 25 heavy (non-hydrogen) atoms. The average molecular weight is 382 g/mol. The molecule has 8 heteroatoms. The summed E-state index contributed by atoms with van der Waals surface area (Å²) in [6.07, 6.45) is -0.560. The summed E-state index contributed by atoms with van der Waals surface area (Å²) in [5.74, 6) is -1.76. The van der Waals surface area contributed by atoms with Gasteiger partial charge in [0.15, 0.2) is 5.78 Å². The molecule has 0 atom stereocenters. The van der Waals surface area contributed by atoms with Gasteiger partial charge in [-0.1, -0.05) is 41.9 Å². The van der Waals surface area contributed by atoms with Crippen LogP contribution in [0.2, 0.25) is 5.02 Å². The van der Waals surface area contributed by atoms with Crippen LogP contribution in [-0.4, -0.2) is 25.3 Å². The highest BCUT2D eigenvalue weighted by molar-refractivity contribution is 7.89. The molecule has 0 aliphatic heterocycles. The van der Waals surface area contributed by atoms with Gasteiger partial charge in [-0.3, -0.25) is 9.59 Å². The van der Waals surface area contributed by atoms with Crippen molar-refractivity contribution >= 4 is 33.4 Å². The van der Waals surface area contributed by atoms with E-state index in [0.29, 0.717) is 0 Å². The van der Waals surface area contributed by atoms with Gasteiger partial charge in [-0.2, -0.15) is 0 Å². The lowest BCUT2D eigenvalue weighted by atomic mass is 9.99. The second-order valence-electron chi connectivity index (χ2n) is 5.43. The lowest BCUT2D eigenvalue weighted by molar-refractivity contribution is -0.136. The second-order valence-corrected chi connectivity index (χ2v) is 7.33. The number of benzene rings is 2. The number of carbonyl (C=O) groups is 2. The van der Waals surface area contributed by atoms with Crippen molar-refractivity contribution in [2.45, 2.75) is 24.2 Å². The van der Waals surface area contributed by atoms with Gasteiger partial charge in [0.1, 0.15) is 0 Å². The van der Waals surface area contributed by atoms with Crippen molar-refractivity contribution in [2.75, 3.05) is 0 Å². The van der Waals surface area contributed by atoms with Crippen LogP contribution in [0.15, 0.2) is 47.4 Å². The number of ketones is 1. The lowest BCUT2D eigenvalue weighted by Crippen LogP contribution is -2.20. The van der Waals surface area contributed by atoms with Crippen molar-refractivity contribution in [3.63, 3.8) is 0 Å². The summed E-state index contributed by atoms with van der Waals surface area (Å²) in [5, 5.41) is 14.2. The van der Waals surface area contributed by atoms with Crippen LogP contribution in [0, 0.1) is 0 Å². The second kappa shape index (κ2) is 7.77. The molecule has 2 rings (SSSR count). The van der Waals surface area contributed by atoms with Gasteiger partial charge in [-0.25, -0.2) is 13.6 Å². The Morgan fingerprint density at radius 3 is 2.24 bits per heavy atom. The molecule has 2 aromatic rings. The number of rotatable bonds is 7. The Labute approximate surface area is 150 Å². The molecule has 3 N–H and O–H groups in total. The maximum Gasteiger partial charge on any atom is 0.303 e. The zero-order valence-electron chi connectivity index (χ0n) is 13.1. The third-order valence-corrected chi connectivity index (χ3v) is 4.97. The number of carbonyl (C=O) groups excluding carboxylic acids is 1. The Kier molecular flexibility index (Phi) is 5.94. The average Bonchev–Trinajstić information content (AvgIpc) is 2.54. The molecule has 0 aliphatic rings. The van der Waals surface area contributed by atoms with E-state index >= 15 is 0 Å². The quantitative estimate of drug-likeness (QED) is 0.715. The third-order valence-electron chi connectivity index (χ3n) is 3.58. The molecule has 0 saturated heterocycles. The van der Waals surface area contributed by atoms with Crippen LogP contribution in [0.3, 0.4) is 0 Å². The first-order valence-corrected chi connectivity index (χ1v) is 9.25. The molecule has 0 amide bonds. The van der Waals surface area contributed by atoms with Gasteiger partial charge in [0, 0.05) is 23.4 Å². The Hall–Kier alpha value is -2.22. The van der Waals surface area contributed by atoms with Crippen LogP contribution in [0.5, 0.6) is 0 Å². The highest BCUT2D eigenvalue weighted by Gasteiger charge is 2.25. The van der Waals surface area contributed by atoms with Crippen molar-refractivity contribution in [3.05, 3.63) is 64.2 Å². The zero-order valence-corrected chi connectivity index (χ0v) is 14.7. The van der Waals surface area contributed by atoms with E-state index in [4.69, 9.17) is 21.8 Å². The highest BCUT2D eigenvalue weighted by Crippen LogP contribution is 2.30. The molecule has 0 unspecified atom stereocenters. The van der Waals surface area contributed by atoms with Crippen molar-refractivity contribution < 1.29 is 23.1 Å². The summed E-state index contributed by atoms with van der Waals surface area (Å²) in [5.41, 5.74) is 0.875. The number of carboxylic acids is 1. The van der Waals surface area contributed by atoms with Gasteiger partial charge in [0.05, 0.1) is 11.3 Å². The van der Waals surface area contributed by atoms with E-state index in [9.17, 15) is 18.0 Å². The smallest absolute Gasteiger partial charge is 0.303 e. The van der Waals surface area contributed by atoms with E-state index < -0.39 is 28.2 Å². The minimum atomic E-state index is -4.24. The number of hydrogen-bond acceptors (Lipinski definition) is 4. The van der Waals surface area contributed by atoms with Gasteiger partial charge in [0.2, 0.25) is 10.0 Å². The number of Topliss-reactive ketones (excluding diaryl/α,β-unsaturated/α-hetero) is 1. The van der Waals surface area contributed by atoms with Gasteiger partial charge in [-0.15, -0.1) is 0 Å². The van der Waals surface area contributed by atoms with Crippen molar-refractivity contribution in [2.24, 2.45) is 5.14 Å². The van der Waals surface area contributed by atoms with E-state index in [1.807, 2.05) is 6.07 Å². The van der Waals surface area contributed by atoms with E-state index in [-0.39, 0.29) is 33.9 Å².